The van der Waals surface area contributed by atoms with E-state index in [2.05, 4.69) is 5.32 Å². The lowest BCUT2D eigenvalue weighted by molar-refractivity contribution is -0.384. The summed E-state index contributed by atoms with van der Waals surface area (Å²) in [5, 5.41) is 22.8. The lowest BCUT2D eigenvalue weighted by Gasteiger charge is -2.09. The summed E-state index contributed by atoms with van der Waals surface area (Å²) in [5.41, 5.74) is 1.99. The molecule has 0 bridgehead atoms. The van der Waals surface area contributed by atoms with Crippen molar-refractivity contribution in [2.75, 3.05) is 0 Å². The Bertz CT molecular complexity index is 734. The van der Waals surface area contributed by atoms with Crippen molar-refractivity contribution in [3.8, 4) is 0 Å². The van der Waals surface area contributed by atoms with E-state index in [0.717, 1.165) is 11.1 Å². The van der Waals surface area contributed by atoms with Gasteiger partial charge in [0.1, 0.15) is 0 Å². The maximum atomic E-state index is 12.0. The topological polar surface area (TPSA) is 92.5 Å². The number of nitro benzene ring substituents is 1. The molecule has 6 nitrogen and oxygen atoms in total. The fourth-order valence-corrected chi connectivity index (χ4v) is 2.35. The molecule has 0 aliphatic rings. The molecule has 0 saturated carbocycles. The normalized spacial score (nSPS) is 10.3. The van der Waals surface area contributed by atoms with Crippen molar-refractivity contribution in [3.63, 3.8) is 0 Å². The molecule has 0 atom stereocenters. The molecule has 23 heavy (non-hydrogen) atoms. The van der Waals surface area contributed by atoms with Gasteiger partial charge in [0.05, 0.1) is 23.0 Å². The lowest BCUT2D eigenvalue weighted by atomic mass is 10.1. The fourth-order valence-electron chi connectivity index (χ4n) is 2.11. The number of hydrogen-bond donors (Lipinski definition) is 2. The van der Waals surface area contributed by atoms with Crippen LogP contribution in [0.4, 0.5) is 5.69 Å². The molecule has 120 valence electrons. The highest BCUT2D eigenvalue weighted by molar-refractivity contribution is 6.31. The van der Waals surface area contributed by atoms with Crippen LogP contribution in [0.3, 0.4) is 0 Å². The van der Waals surface area contributed by atoms with Crippen LogP contribution in [0.1, 0.15) is 16.7 Å². The zero-order chi connectivity index (χ0) is 16.8. The van der Waals surface area contributed by atoms with E-state index < -0.39 is 4.92 Å². The van der Waals surface area contributed by atoms with Crippen molar-refractivity contribution >= 4 is 23.2 Å². The predicted molar refractivity (Wildman–Crippen MR) is 86.0 cm³/mol. The number of aliphatic hydroxyl groups is 1. The molecule has 2 aromatic carbocycles. The van der Waals surface area contributed by atoms with E-state index in [0.29, 0.717) is 12.1 Å². The maximum absolute atomic E-state index is 12.0. The molecule has 0 unspecified atom stereocenters. The quantitative estimate of drug-likeness (QED) is 0.627. The van der Waals surface area contributed by atoms with E-state index in [-0.39, 0.29) is 29.6 Å². The fraction of sp³-hybridized carbons (Fsp3) is 0.188. The second-order valence-electron chi connectivity index (χ2n) is 4.91. The van der Waals surface area contributed by atoms with Gasteiger partial charge in [0, 0.05) is 18.7 Å². The minimum Gasteiger partial charge on any atom is -0.392 e. The van der Waals surface area contributed by atoms with E-state index in [1.807, 2.05) is 18.2 Å². The van der Waals surface area contributed by atoms with Gasteiger partial charge in [0.2, 0.25) is 5.91 Å². The second kappa shape index (κ2) is 7.71. The van der Waals surface area contributed by atoms with Gasteiger partial charge in [-0.2, -0.15) is 0 Å². The number of carbonyl (C=O) groups is 1. The summed E-state index contributed by atoms with van der Waals surface area (Å²) in [5.74, 6) is -0.256. The number of aliphatic hydroxyl groups excluding tert-OH is 1. The lowest BCUT2D eigenvalue weighted by Crippen LogP contribution is -2.25. The van der Waals surface area contributed by atoms with E-state index in [1.165, 1.54) is 18.2 Å². The number of nitrogens with zero attached hydrogens (tertiary/aromatic N) is 1. The first-order valence-corrected chi connectivity index (χ1v) is 7.26. The number of non-ortho nitro benzene ring substituents is 1. The summed E-state index contributed by atoms with van der Waals surface area (Å²) < 4.78 is 0. The van der Waals surface area contributed by atoms with Gasteiger partial charge < -0.3 is 10.4 Å². The van der Waals surface area contributed by atoms with Gasteiger partial charge in [-0.05, 0) is 16.7 Å². The number of halogens is 1. The number of carbonyl (C=O) groups excluding carboxylic acids is 1. The number of nitrogens with one attached hydrogen (secondary N) is 1. The molecule has 2 N–H and O–H groups in total. The van der Waals surface area contributed by atoms with Crippen molar-refractivity contribution in [3.05, 3.63) is 74.3 Å². The van der Waals surface area contributed by atoms with Gasteiger partial charge in [-0.15, -0.1) is 0 Å². The standard InChI is InChI=1S/C16H15ClN2O4/c17-15-8-14(19(22)23)6-5-11(15)7-16(21)18-9-12-3-1-2-4-13(12)10-20/h1-6,8,20H,7,9-10H2,(H,18,21). The van der Waals surface area contributed by atoms with Gasteiger partial charge in [-0.3, -0.25) is 14.9 Å². The van der Waals surface area contributed by atoms with Crippen molar-refractivity contribution in [1.29, 1.82) is 0 Å². The van der Waals surface area contributed by atoms with Crippen molar-refractivity contribution < 1.29 is 14.8 Å². The van der Waals surface area contributed by atoms with E-state index >= 15 is 0 Å². The minimum absolute atomic E-state index is 0.0259. The zero-order valence-electron chi connectivity index (χ0n) is 12.2. The third-order valence-electron chi connectivity index (χ3n) is 3.36. The van der Waals surface area contributed by atoms with Gasteiger partial charge >= 0.3 is 0 Å². The van der Waals surface area contributed by atoms with E-state index in [4.69, 9.17) is 11.6 Å². The highest BCUT2D eigenvalue weighted by Crippen LogP contribution is 2.22. The first kappa shape index (κ1) is 16.9. The average molecular weight is 335 g/mol. The Morgan fingerprint density at radius 1 is 1.17 bits per heavy atom. The van der Waals surface area contributed by atoms with Crippen LogP contribution in [0.25, 0.3) is 0 Å². The maximum Gasteiger partial charge on any atom is 0.270 e. The Morgan fingerprint density at radius 3 is 2.48 bits per heavy atom. The Labute approximate surface area is 137 Å². The molecule has 0 fully saturated rings. The molecule has 7 heteroatoms. The Hall–Kier alpha value is -2.44. The molecular weight excluding hydrogens is 320 g/mol. The van der Waals surface area contributed by atoms with Crippen LogP contribution in [0.5, 0.6) is 0 Å². The molecule has 2 aromatic rings. The molecule has 0 aliphatic heterocycles. The molecular formula is C16H15ClN2O4. The van der Waals surface area contributed by atoms with Crippen LogP contribution in [0.15, 0.2) is 42.5 Å². The summed E-state index contributed by atoms with van der Waals surface area (Å²) in [6, 6.07) is 11.3. The van der Waals surface area contributed by atoms with Crippen LogP contribution >= 0.6 is 11.6 Å². The summed E-state index contributed by atoms with van der Waals surface area (Å²) in [4.78, 5) is 22.1. The van der Waals surface area contributed by atoms with Crippen LogP contribution in [-0.4, -0.2) is 15.9 Å². The number of rotatable bonds is 6. The SMILES string of the molecule is O=C(Cc1ccc([N+](=O)[O-])cc1Cl)NCc1ccccc1CO. The molecule has 0 spiro atoms. The Morgan fingerprint density at radius 2 is 1.87 bits per heavy atom. The third-order valence-corrected chi connectivity index (χ3v) is 3.72. The zero-order valence-corrected chi connectivity index (χ0v) is 12.9. The molecule has 1 amide bonds. The largest absolute Gasteiger partial charge is 0.392 e. The first-order chi connectivity index (χ1) is 11.0. The Kier molecular flexibility index (Phi) is 5.67. The van der Waals surface area contributed by atoms with Crippen molar-refractivity contribution in [1.82, 2.24) is 5.32 Å². The van der Waals surface area contributed by atoms with Crippen LogP contribution in [0, 0.1) is 10.1 Å². The molecule has 0 radical (unpaired) electrons. The van der Waals surface area contributed by atoms with Crippen molar-refractivity contribution in [2.45, 2.75) is 19.6 Å². The highest BCUT2D eigenvalue weighted by atomic mass is 35.5. The van der Waals surface area contributed by atoms with Crippen LogP contribution < -0.4 is 5.32 Å². The molecule has 2 rings (SSSR count). The summed E-state index contributed by atoms with van der Waals surface area (Å²) in [6.45, 7) is 0.195. The second-order valence-corrected chi connectivity index (χ2v) is 5.32. The van der Waals surface area contributed by atoms with Gasteiger partial charge in [0.25, 0.3) is 5.69 Å². The van der Waals surface area contributed by atoms with Crippen molar-refractivity contribution in [2.24, 2.45) is 0 Å². The van der Waals surface area contributed by atoms with E-state index in [1.54, 1.807) is 6.07 Å². The number of nitro groups is 1. The average Bonchev–Trinajstić information content (AvgIpc) is 2.54. The molecule has 0 aromatic heterocycles. The highest BCUT2D eigenvalue weighted by Gasteiger charge is 2.12. The summed E-state index contributed by atoms with van der Waals surface area (Å²) >= 11 is 5.96. The predicted octanol–water partition coefficient (Wildman–Crippen LogP) is 2.60. The first-order valence-electron chi connectivity index (χ1n) is 6.88. The van der Waals surface area contributed by atoms with Gasteiger partial charge in [-0.1, -0.05) is 41.9 Å². The number of hydrogen-bond acceptors (Lipinski definition) is 4. The number of benzene rings is 2. The smallest absolute Gasteiger partial charge is 0.270 e. The monoisotopic (exact) mass is 334 g/mol. The minimum atomic E-state index is -0.540. The molecule has 0 aliphatic carbocycles. The molecule has 0 heterocycles. The van der Waals surface area contributed by atoms with Gasteiger partial charge in [0.15, 0.2) is 0 Å². The van der Waals surface area contributed by atoms with Gasteiger partial charge in [-0.25, -0.2) is 0 Å². The van der Waals surface area contributed by atoms with Crippen LogP contribution in [-0.2, 0) is 24.4 Å². The summed E-state index contributed by atoms with van der Waals surface area (Å²) in [7, 11) is 0. The third kappa shape index (κ3) is 4.51. The number of amides is 1. The van der Waals surface area contributed by atoms with Crippen LogP contribution in [0.2, 0.25) is 5.02 Å². The molecule has 0 saturated heterocycles. The van der Waals surface area contributed by atoms with E-state index in [9.17, 15) is 20.0 Å². The summed E-state index contributed by atoms with van der Waals surface area (Å²) in [6.07, 6.45) is 0.0259. The Balaban J connectivity index is 1.98.